The van der Waals surface area contributed by atoms with Crippen LogP contribution in [0.25, 0.3) is 6.08 Å². The fourth-order valence-corrected chi connectivity index (χ4v) is 2.45. The van der Waals surface area contributed by atoms with Crippen LogP contribution in [0, 0.1) is 0 Å². The zero-order chi connectivity index (χ0) is 17.9. The van der Waals surface area contributed by atoms with Gasteiger partial charge in [0.1, 0.15) is 6.61 Å². The average Bonchev–Trinajstić information content (AvgIpc) is 2.66. The lowest BCUT2D eigenvalue weighted by Crippen LogP contribution is -2.24. The van der Waals surface area contributed by atoms with Crippen molar-refractivity contribution in [2.45, 2.75) is 17.9 Å². The summed E-state index contributed by atoms with van der Waals surface area (Å²) in [6.45, 7) is 0.498. The first-order valence-corrected chi connectivity index (χ1v) is 9.19. The topological polar surface area (TPSA) is 55.4 Å². The number of thioether (sulfide) groups is 1. The third-order valence-corrected chi connectivity index (χ3v) is 4.16. The van der Waals surface area contributed by atoms with E-state index in [4.69, 9.17) is 4.74 Å². The Balaban J connectivity index is 1.64. The van der Waals surface area contributed by atoms with Crippen molar-refractivity contribution in [3.8, 4) is 0 Å². The lowest BCUT2D eigenvalue weighted by atomic mass is 10.2. The smallest absolute Gasteiger partial charge is 0.307 e. The predicted octanol–water partition coefficient (Wildman–Crippen LogP) is 3.67. The fourth-order valence-electron chi connectivity index (χ4n) is 2.04. The Morgan fingerprint density at radius 1 is 1.08 bits per heavy atom. The van der Waals surface area contributed by atoms with Gasteiger partial charge in [-0.2, -0.15) is 0 Å². The Labute approximate surface area is 152 Å². The van der Waals surface area contributed by atoms with E-state index >= 15 is 0 Å². The van der Waals surface area contributed by atoms with Crippen LogP contribution >= 0.6 is 11.8 Å². The second-order valence-corrected chi connectivity index (χ2v) is 6.17. The SMILES string of the molecule is CSc1ccc(COC(=O)CCNC(=O)/C=C/c2ccccc2)cc1. The molecule has 0 aliphatic heterocycles. The van der Waals surface area contributed by atoms with E-state index in [-0.39, 0.29) is 31.4 Å². The minimum absolute atomic E-state index is 0.147. The van der Waals surface area contributed by atoms with E-state index in [0.717, 1.165) is 11.1 Å². The Morgan fingerprint density at radius 3 is 2.48 bits per heavy atom. The van der Waals surface area contributed by atoms with E-state index in [9.17, 15) is 9.59 Å². The summed E-state index contributed by atoms with van der Waals surface area (Å²) in [5, 5.41) is 2.67. The molecule has 2 rings (SSSR count). The number of amides is 1. The van der Waals surface area contributed by atoms with Gasteiger partial charge in [-0.1, -0.05) is 42.5 Å². The van der Waals surface area contributed by atoms with Crippen LogP contribution < -0.4 is 5.32 Å². The van der Waals surface area contributed by atoms with Crippen molar-refractivity contribution in [1.29, 1.82) is 0 Å². The second-order valence-electron chi connectivity index (χ2n) is 5.29. The molecule has 0 unspecified atom stereocenters. The lowest BCUT2D eigenvalue weighted by molar-refractivity contribution is -0.144. The minimum Gasteiger partial charge on any atom is -0.461 e. The number of rotatable bonds is 8. The zero-order valence-electron chi connectivity index (χ0n) is 14.1. The first-order chi connectivity index (χ1) is 12.2. The van der Waals surface area contributed by atoms with Crippen LogP contribution in [-0.4, -0.2) is 24.7 Å². The summed E-state index contributed by atoms with van der Waals surface area (Å²) in [6, 6.07) is 17.4. The third kappa shape index (κ3) is 7.27. The van der Waals surface area contributed by atoms with Gasteiger partial charge in [-0.05, 0) is 35.6 Å². The second kappa shape index (κ2) is 10.4. The summed E-state index contributed by atoms with van der Waals surface area (Å²) in [4.78, 5) is 24.6. The normalized spacial score (nSPS) is 10.6. The molecule has 0 aromatic heterocycles. The quantitative estimate of drug-likeness (QED) is 0.446. The molecule has 0 bridgehead atoms. The average molecular weight is 355 g/mol. The summed E-state index contributed by atoms with van der Waals surface area (Å²) in [6.07, 6.45) is 5.34. The number of benzene rings is 2. The first kappa shape index (κ1) is 18.8. The Morgan fingerprint density at radius 2 is 1.80 bits per heavy atom. The summed E-state index contributed by atoms with van der Waals surface area (Å²) >= 11 is 1.66. The van der Waals surface area contributed by atoms with E-state index in [2.05, 4.69) is 5.32 Å². The van der Waals surface area contributed by atoms with Crippen molar-refractivity contribution in [2.75, 3.05) is 12.8 Å². The standard InChI is InChI=1S/C20H21NO3S/c1-25-18-10-7-17(8-11-18)15-24-20(23)13-14-21-19(22)12-9-16-5-3-2-4-6-16/h2-12H,13-15H2,1H3,(H,21,22)/b12-9+. The van der Waals surface area contributed by atoms with E-state index in [1.54, 1.807) is 17.8 Å². The fraction of sp³-hybridized carbons (Fsp3) is 0.200. The number of carbonyl (C=O) groups is 2. The van der Waals surface area contributed by atoms with Gasteiger partial charge >= 0.3 is 5.97 Å². The van der Waals surface area contributed by atoms with Gasteiger partial charge in [-0.25, -0.2) is 0 Å². The molecule has 0 fully saturated rings. The summed E-state index contributed by atoms with van der Waals surface area (Å²) in [5.74, 6) is -0.564. The molecule has 0 aliphatic carbocycles. The largest absolute Gasteiger partial charge is 0.461 e. The number of nitrogens with one attached hydrogen (secondary N) is 1. The maximum absolute atomic E-state index is 11.7. The maximum Gasteiger partial charge on any atom is 0.307 e. The van der Waals surface area contributed by atoms with Crippen molar-refractivity contribution in [3.05, 3.63) is 71.8 Å². The van der Waals surface area contributed by atoms with Crippen LogP contribution in [0.2, 0.25) is 0 Å². The maximum atomic E-state index is 11.7. The van der Waals surface area contributed by atoms with Crippen molar-refractivity contribution in [1.82, 2.24) is 5.32 Å². The van der Waals surface area contributed by atoms with Gasteiger partial charge in [-0.3, -0.25) is 9.59 Å². The molecular weight excluding hydrogens is 334 g/mol. The minimum atomic E-state index is -0.332. The predicted molar refractivity (Wildman–Crippen MR) is 101 cm³/mol. The molecule has 0 radical (unpaired) electrons. The molecule has 0 aliphatic rings. The Kier molecular flexibility index (Phi) is 7.79. The number of carbonyl (C=O) groups excluding carboxylic acids is 2. The van der Waals surface area contributed by atoms with Crippen LogP contribution in [-0.2, 0) is 20.9 Å². The van der Waals surface area contributed by atoms with Crippen LogP contribution in [0.1, 0.15) is 17.5 Å². The molecule has 1 N–H and O–H groups in total. The first-order valence-electron chi connectivity index (χ1n) is 7.97. The summed E-state index contributed by atoms with van der Waals surface area (Å²) < 4.78 is 5.20. The van der Waals surface area contributed by atoms with E-state index in [1.807, 2.05) is 60.9 Å². The van der Waals surface area contributed by atoms with Crippen molar-refractivity contribution >= 4 is 29.7 Å². The molecule has 0 spiro atoms. The highest BCUT2D eigenvalue weighted by Crippen LogP contribution is 2.15. The van der Waals surface area contributed by atoms with Gasteiger partial charge in [0.25, 0.3) is 0 Å². The van der Waals surface area contributed by atoms with Gasteiger partial charge in [0.15, 0.2) is 0 Å². The van der Waals surface area contributed by atoms with Crippen molar-refractivity contribution in [2.24, 2.45) is 0 Å². The third-order valence-electron chi connectivity index (χ3n) is 3.41. The number of ether oxygens (including phenoxy) is 1. The van der Waals surface area contributed by atoms with Gasteiger partial charge in [-0.15, -0.1) is 11.8 Å². The molecule has 0 saturated heterocycles. The van der Waals surface area contributed by atoms with Crippen LogP contribution in [0.15, 0.2) is 65.6 Å². The van der Waals surface area contributed by atoms with Crippen LogP contribution in [0.3, 0.4) is 0 Å². The highest BCUT2D eigenvalue weighted by molar-refractivity contribution is 7.98. The molecule has 25 heavy (non-hydrogen) atoms. The molecule has 0 heterocycles. The molecule has 2 aromatic carbocycles. The van der Waals surface area contributed by atoms with E-state index in [0.29, 0.717) is 0 Å². The molecule has 4 nitrogen and oxygen atoms in total. The molecule has 0 atom stereocenters. The zero-order valence-corrected chi connectivity index (χ0v) is 14.9. The lowest BCUT2D eigenvalue weighted by Gasteiger charge is -2.06. The van der Waals surface area contributed by atoms with E-state index < -0.39 is 0 Å². The molecule has 5 heteroatoms. The van der Waals surface area contributed by atoms with Crippen LogP contribution in [0.4, 0.5) is 0 Å². The Bertz CT molecular complexity index is 711. The number of esters is 1. The molecule has 130 valence electrons. The van der Waals surface area contributed by atoms with Gasteiger partial charge in [0.2, 0.25) is 5.91 Å². The molecule has 0 saturated carbocycles. The van der Waals surface area contributed by atoms with Crippen LogP contribution in [0.5, 0.6) is 0 Å². The Hall–Kier alpha value is -2.53. The molecule has 2 aromatic rings. The van der Waals surface area contributed by atoms with E-state index in [1.165, 1.54) is 11.0 Å². The highest BCUT2D eigenvalue weighted by atomic mass is 32.2. The van der Waals surface area contributed by atoms with Crippen molar-refractivity contribution in [3.63, 3.8) is 0 Å². The summed E-state index contributed by atoms with van der Waals surface area (Å²) in [5.41, 5.74) is 1.89. The molecular formula is C20H21NO3S. The monoisotopic (exact) mass is 355 g/mol. The van der Waals surface area contributed by atoms with Gasteiger partial charge in [0.05, 0.1) is 6.42 Å². The number of hydrogen-bond acceptors (Lipinski definition) is 4. The number of hydrogen-bond donors (Lipinski definition) is 1. The summed E-state index contributed by atoms with van der Waals surface area (Å²) in [7, 11) is 0. The highest BCUT2D eigenvalue weighted by Gasteiger charge is 2.04. The molecule has 1 amide bonds. The van der Waals surface area contributed by atoms with Gasteiger partial charge < -0.3 is 10.1 Å². The van der Waals surface area contributed by atoms with Gasteiger partial charge in [0, 0.05) is 17.5 Å². The van der Waals surface area contributed by atoms with Crippen molar-refractivity contribution < 1.29 is 14.3 Å².